The van der Waals surface area contributed by atoms with Gasteiger partial charge in [0.25, 0.3) is 5.91 Å². The summed E-state index contributed by atoms with van der Waals surface area (Å²) < 4.78 is 5.60. The summed E-state index contributed by atoms with van der Waals surface area (Å²) in [5, 5.41) is 2.96. The van der Waals surface area contributed by atoms with Gasteiger partial charge in [0.05, 0.1) is 6.10 Å². The number of rotatable bonds is 4. The lowest BCUT2D eigenvalue weighted by Crippen LogP contribution is -2.32. The van der Waals surface area contributed by atoms with E-state index in [0.29, 0.717) is 23.7 Å². The molecule has 0 bridgehead atoms. The van der Waals surface area contributed by atoms with E-state index < -0.39 is 0 Å². The van der Waals surface area contributed by atoms with Crippen LogP contribution in [0.4, 0.5) is 5.69 Å². The highest BCUT2D eigenvalue weighted by Crippen LogP contribution is 2.22. The zero-order valence-electron chi connectivity index (χ0n) is 10.7. The minimum Gasteiger partial charge on any atom is -0.399 e. The number of ether oxygens (including phenoxy) is 1. The van der Waals surface area contributed by atoms with E-state index in [4.69, 9.17) is 10.5 Å². The van der Waals surface area contributed by atoms with Crippen LogP contribution in [0.25, 0.3) is 0 Å². The molecule has 2 rings (SSSR count). The largest absolute Gasteiger partial charge is 0.399 e. The van der Waals surface area contributed by atoms with Crippen LogP contribution in [0, 0.1) is 5.92 Å². The number of nitrogens with one attached hydrogen (secondary N) is 1. The number of hydrogen-bond acceptors (Lipinski definition) is 3. The third-order valence-electron chi connectivity index (χ3n) is 3.42. The molecule has 3 N–H and O–H groups in total. The van der Waals surface area contributed by atoms with E-state index in [1.165, 1.54) is 0 Å². The van der Waals surface area contributed by atoms with E-state index in [0.717, 1.165) is 19.4 Å². The molecule has 0 spiro atoms. The Morgan fingerprint density at radius 2 is 2.39 bits per heavy atom. The average Bonchev–Trinajstić information content (AvgIpc) is 2.83. The summed E-state index contributed by atoms with van der Waals surface area (Å²) in [6.07, 6.45) is 2.31. The minimum absolute atomic E-state index is 0.0657. The second kappa shape index (κ2) is 5.87. The van der Waals surface area contributed by atoms with Crippen LogP contribution in [0.3, 0.4) is 0 Å². The van der Waals surface area contributed by atoms with Gasteiger partial charge in [0, 0.05) is 30.3 Å². The molecule has 0 aromatic heterocycles. The first-order valence-corrected chi connectivity index (χ1v) is 6.46. The van der Waals surface area contributed by atoms with Gasteiger partial charge in [0.1, 0.15) is 0 Å². The molecule has 98 valence electrons. The Labute approximate surface area is 108 Å². The lowest BCUT2D eigenvalue weighted by atomic mass is 9.99. The van der Waals surface area contributed by atoms with Crippen LogP contribution in [0.2, 0.25) is 0 Å². The fourth-order valence-electron chi connectivity index (χ4n) is 2.38. The van der Waals surface area contributed by atoms with Crippen molar-refractivity contribution in [3.63, 3.8) is 0 Å². The summed E-state index contributed by atoms with van der Waals surface area (Å²) in [6, 6.07) is 7.03. The summed E-state index contributed by atoms with van der Waals surface area (Å²) >= 11 is 0. The van der Waals surface area contributed by atoms with Crippen LogP contribution >= 0.6 is 0 Å². The number of nitrogens with two attached hydrogens (primary N) is 1. The maximum atomic E-state index is 11.9. The molecule has 0 saturated carbocycles. The quantitative estimate of drug-likeness (QED) is 0.799. The van der Waals surface area contributed by atoms with Crippen molar-refractivity contribution in [2.45, 2.75) is 25.9 Å². The molecule has 1 saturated heterocycles. The van der Waals surface area contributed by atoms with Crippen LogP contribution < -0.4 is 11.1 Å². The number of anilines is 1. The first-order chi connectivity index (χ1) is 8.70. The van der Waals surface area contributed by atoms with E-state index in [-0.39, 0.29) is 12.0 Å². The molecule has 1 aromatic rings. The van der Waals surface area contributed by atoms with E-state index in [2.05, 4.69) is 12.2 Å². The molecular formula is C14H20N2O2. The summed E-state index contributed by atoms with van der Waals surface area (Å²) in [7, 11) is 0. The van der Waals surface area contributed by atoms with Gasteiger partial charge in [-0.1, -0.05) is 13.0 Å². The highest BCUT2D eigenvalue weighted by molar-refractivity contribution is 5.94. The predicted octanol–water partition coefficient (Wildman–Crippen LogP) is 1.81. The molecular weight excluding hydrogens is 228 g/mol. The Kier molecular flexibility index (Phi) is 4.20. The van der Waals surface area contributed by atoms with Crippen LogP contribution in [-0.4, -0.2) is 25.2 Å². The molecule has 18 heavy (non-hydrogen) atoms. The summed E-state index contributed by atoms with van der Waals surface area (Å²) in [5.74, 6) is 0.365. The molecule has 2 unspecified atom stereocenters. The van der Waals surface area contributed by atoms with Crippen molar-refractivity contribution in [1.29, 1.82) is 0 Å². The zero-order valence-corrected chi connectivity index (χ0v) is 10.7. The lowest BCUT2D eigenvalue weighted by molar-refractivity contribution is 0.0827. The number of amides is 1. The summed E-state index contributed by atoms with van der Waals surface area (Å²) in [4.78, 5) is 11.9. The maximum absolute atomic E-state index is 11.9. The fourth-order valence-corrected chi connectivity index (χ4v) is 2.38. The van der Waals surface area contributed by atoms with Crippen LogP contribution in [-0.2, 0) is 4.74 Å². The molecule has 1 fully saturated rings. The number of benzene rings is 1. The number of nitrogen functional groups attached to an aromatic ring is 1. The maximum Gasteiger partial charge on any atom is 0.251 e. The zero-order chi connectivity index (χ0) is 13.0. The first-order valence-electron chi connectivity index (χ1n) is 6.46. The second-order valence-electron chi connectivity index (χ2n) is 4.70. The van der Waals surface area contributed by atoms with Gasteiger partial charge in [-0.15, -0.1) is 0 Å². The molecule has 1 aliphatic heterocycles. The third kappa shape index (κ3) is 3.01. The van der Waals surface area contributed by atoms with Crippen molar-refractivity contribution in [3.8, 4) is 0 Å². The van der Waals surface area contributed by atoms with Crippen molar-refractivity contribution in [2.24, 2.45) is 5.92 Å². The average molecular weight is 248 g/mol. The van der Waals surface area contributed by atoms with E-state index in [1.807, 2.05) is 0 Å². The van der Waals surface area contributed by atoms with Crippen molar-refractivity contribution < 1.29 is 9.53 Å². The molecule has 1 amide bonds. The van der Waals surface area contributed by atoms with Crippen LogP contribution in [0.5, 0.6) is 0 Å². The lowest BCUT2D eigenvalue weighted by Gasteiger charge is -2.17. The smallest absolute Gasteiger partial charge is 0.251 e. The molecule has 1 heterocycles. The van der Waals surface area contributed by atoms with E-state index in [9.17, 15) is 4.79 Å². The fraction of sp³-hybridized carbons (Fsp3) is 0.500. The van der Waals surface area contributed by atoms with Gasteiger partial charge >= 0.3 is 0 Å². The first kappa shape index (κ1) is 12.9. The minimum atomic E-state index is -0.0657. The standard InChI is InChI=1S/C14H20N2O2/c1-2-13-11(6-7-18-13)9-16-14(17)10-4-3-5-12(15)8-10/h3-5,8,11,13H,2,6-7,9,15H2,1H3,(H,16,17). The SMILES string of the molecule is CCC1OCCC1CNC(=O)c1cccc(N)c1. The number of hydrogen-bond donors (Lipinski definition) is 2. The molecule has 0 aliphatic carbocycles. The second-order valence-corrected chi connectivity index (χ2v) is 4.70. The Morgan fingerprint density at radius 1 is 1.56 bits per heavy atom. The van der Waals surface area contributed by atoms with Gasteiger partial charge in [-0.05, 0) is 31.0 Å². The van der Waals surface area contributed by atoms with Gasteiger partial charge in [-0.2, -0.15) is 0 Å². The van der Waals surface area contributed by atoms with Crippen molar-refractivity contribution in [1.82, 2.24) is 5.32 Å². The molecule has 4 nitrogen and oxygen atoms in total. The van der Waals surface area contributed by atoms with Crippen LogP contribution in [0.1, 0.15) is 30.1 Å². The normalized spacial score (nSPS) is 22.9. The topological polar surface area (TPSA) is 64.3 Å². The van der Waals surface area contributed by atoms with Gasteiger partial charge in [0.2, 0.25) is 0 Å². The number of carbonyl (C=O) groups excluding carboxylic acids is 1. The van der Waals surface area contributed by atoms with Gasteiger partial charge in [0.15, 0.2) is 0 Å². The van der Waals surface area contributed by atoms with E-state index >= 15 is 0 Å². The van der Waals surface area contributed by atoms with Crippen molar-refractivity contribution in [3.05, 3.63) is 29.8 Å². The van der Waals surface area contributed by atoms with Crippen LogP contribution in [0.15, 0.2) is 24.3 Å². The molecule has 2 atom stereocenters. The molecule has 0 radical (unpaired) electrons. The third-order valence-corrected chi connectivity index (χ3v) is 3.42. The van der Waals surface area contributed by atoms with Crippen molar-refractivity contribution in [2.75, 3.05) is 18.9 Å². The van der Waals surface area contributed by atoms with Crippen molar-refractivity contribution >= 4 is 11.6 Å². The molecule has 1 aromatic carbocycles. The van der Waals surface area contributed by atoms with Gasteiger partial charge in [-0.3, -0.25) is 4.79 Å². The highest BCUT2D eigenvalue weighted by atomic mass is 16.5. The number of carbonyl (C=O) groups is 1. The van der Waals surface area contributed by atoms with Gasteiger partial charge in [-0.25, -0.2) is 0 Å². The Morgan fingerprint density at radius 3 is 3.11 bits per heavy atom. The molecule has 4 heteroatoms. The predicted molar refractivity (Wildman–Crippen MR) is 71.3 cm³/mol. The summed E-state index contributed by atoms with van der Waals surface area (Å²) in [6.45, 7) is 3.59. The Balaban J connectivity index is 1.88. The Hall–Kier alpha value is -1.55. The molecule has 1 aliphatic rings. The monoisotopic (exact) mass is 248 g/mol. The van der Waals surface area contributed by atoms with E-state index in [1.54, 1.807) is 24.3 Å². The van der Waals surface area contributed by atoms with Gasteiger partial charge < -0.3 is 15.8 Å². The highest BCUT2D eigenvalue weighted by Gasteiger charge is 2.26. The summed E-state index contributed by atoms with van der Waals surface area (Å²) in [5.41, 5.74) is 6.88. The Bertz CT molecular complexity index is 420.